The molecule has 5 heteroatoms. The molecule has 1 unspecified atom stereocenters. The van der Waals surface area contributed by atoms with Crippen molar-refractivity contribution in [3.63, 3.8) is 0 Å². The third-order valence-corrected chi connectivity index (χ3v) is 6.18. The van der Waals surface area contributed by atoms with Crippen LogP contribution < -0.4 is 4.74 Å². The molecule has 0 aliphatic heterocycles. The minimum Gasteiger partial charge on any atom is -0.481 e. The summed E-state index contributed by atoms with van der Waals surface area (Å²) in [5.41, 5.74) is 6.15. The normalized spacial score (nSPS) is 12.7. The van der Waals surface area contributed by atoms with Crippen LogP contribution in [-0.4, -0.2) is 16.2 Å². The number of aromatic nitrogens is 1. The Morgan fingerprint density at radius 2 is 1.71 bits per heavy atom. The number of carboxylic acids is 1. The van der Waals surface area contributed by atoms with E-state index in [1.54, 1.807) is 6.07 Å². The number of aliphatic carboxylic acids is 1. The molecule has 0 bridgehead atoms. The maximum absolute atomic E-state index is 11.4. The molecule has 0 aliphatic rings. The predicted octanol–water partition coefficient (Wildman–Crippen LogP) is 7.10. The lowest BCUT2D eigenvalue weighted by Crippen LogP contribution is -2.11. The van der Waals surface area contributed by atoms with Gasteiger partial charge in [-0.15, -0.1) is 0 Å². The van der Waals surface area contributed by atoms with Gasteiger partial charge in [-0.1, -0.05) is 84.7 Å². The number of benzene rings is 3. The quantitative estimate of drug-likeness (QED) is 0.254. The second-order valence-corrected chi connectivity index (χ2v) is 8.90. The van der Waals surface area contributed by atoms with E-state index in [0.29, 0.717) is 11.4 Å². The highest BCUT2D eigenvalue weighted by Gasteiger charge is 2.22. The van der Waals surface area contributed by atoms with Gasteiger partial charge in [0.15, 0.2) is 0 Å². The molecule has 3 aromatic carbocycles. The van der Waals surface area contributed by atoms with Crippen molar-refractivity contribution in [1.29, 1.82) is 0 Å². The smallest absolute Gasteiger partial charge is 0.304 e. The monoisotopic (exact) mass is 469 g/mol. The molecule has 4 aromatic rings. The molecule has 180 valence electrons. The van der Waals surface area contributed by atoms with Crippen LogP contribution in [0.25, 0.3) is 0 Å². The van der Waals surface area contributed by atoms with E-state index >= 15 is 0 Å². The molecular formula is C30H31NO4. The van der Waals surface area contributed by atoms with Gasteiger partial charge >= 0.3 is 5.97 Å². The molecule has 1 N–H and O–H groups in total. The molecule has 2 atom stereocenters. The van der Waals surface area contributed by atoms with Crippen LogP contribution >= 0.6 is 0 Å². The SMILES string of the molecule is CCCCc1cccc([C@@H](Oc2ccc(C(CC(=O)O)c3ccon3)cc2)c2ccc(C)cc2)c1. The van der Waals surface area contributed by atoms with Crippen molar-refractivity contribution < 1.29 is 19.2 Å². The van der Waals surface area contributed by atoms with Crippen LogP contribution in [0, 0.1) is 6.92 Å². The van der Waals surface area contributed by atoms with Crippen molar-refractivity contribution in [1.82, 2.24) is 5.16 Å². The molecule has 4 rings (SSSR count). The summed E-state index contributed by atoms with van der Waals surface area (Å²) in [5.74, 6) is -0.559. The maximum atomic E-state index is 11.4. The zero-order chi connectivity index (χ0) is 24.6. The molecule has 0 saturated heterocycles. The van der Waals surface area contributed by atoms with Gasteiger partial charge in [0.05, 0.1) is 12.1 Å². The van der Waals surface area contributed by atoms with Crippen molar-refractivity contribution in [3.8, 4) is 5.75 Å². The van der Waals surface area contributed by atoms with Crippen LogP contribution in [0.2, 0.25) is 0 Å². The summed E-state index contributed by atoms with van der Waals surface area (Å²) >= 11 is 0. The highest BCUT2D eigenvalue weighted by molar-refractivity contribution is 5.68. The molecular weight excluding hydrogens is 438 g/mol. The number of rotatable bonds is 11. The van der Waals surface area contributed by atoms with Gasteiger partial charge in [0.1, 0.15) is 18.1 Å². The van der Waals surface area contributed by atoms with Crippen LogP contribution in [0.3, 0.4) is 0 Å². The number of hydrogen-bond acceptors (Lipinski definition) is 4. The van der Waals surface area contributed by atoms with Crippen LogP contribution in [0.1, 0.15) is 71.7 Å². The van der Waals surface area contributed by atoms with Crippen LogP contribution in [0.4, 0.5) is 0 Å². The van der Waals surface area contributed by atoms with E-state index in [2.05, 4.69) is 67.5 Å². The Labute approximate surface area is 206 Å². The summed E-state index contributed by atoms with van der Waals surface area (Å²) in [6, 6.07) is 26.4. The summed E-state index contributed by atoms with van der Waals surface area (Å²) in [5, 5.41) is 13.3. The second-order valence-electron chi connectivity index (χ2n) is 8.90. The van der Waals surface area contributed by atoms with Crippen LogP contribution in [-0.2, 0) is 11.2 Å². The first-order chi connectivity index (χ1) is 17.0. The molecule has 1 heterocycles. The Morgan fingerprint density at radius 3 is 2.37 bits per heavy atom. The fourth-order valence-electron chi connectivity index (χ4n) is 4.25. The van der Waals surface area contributed by atoms with Gasteiger partial charge in [-0.25, -0.2) is 0 Å². The Hall–Kier alpha value is -3.86. The summed E-state index contributed by atoms with van der Waals surface area (Å²) < 4.78 is 11.5. The molecule has 35 heavy (non-hydrogen) atoms. The van der Waals surface area contributed by atoms with E-state index in [-0.39, 0.29) is 18.4 Å². The van der Waals surface area contributed by atoms with Crippen molar-refractivity contribution in [2.45, 2.75) is 51.6 Å². The van der Waals surface area contributed by atoms with Gasteiger partial charge in [-0.3, -0.25) is 4.79 Å². The largest absolute Gasteiger partial charge is 0.481 e. The fourth-order valence-corrected chi connectivity index (χ4v) is 4.25. The van der Waals surface area contributed by atoms with Gasteiger partial charge in [0, 0.05) is 12.0 Å². The molecule has 5 nitrogen and oxygen atoms in total. The first-order valence-electron chi connectivity index (χ1n) is 12.1. The van der Waals surface area contributed by atoms with Crippen LogP contribution in [0.5, 0.6) is 5.75 Å². The number of hydrogen-bond donors (Lipinski definition) is 1. The Bertz CT molecular complexity index is 1210. The summed E-state index contributed by atoms with van der Waals surface area (Å²) in [7, 11) is 0. The first kappa shape index (κ1) is 24.3. The topological polar surface area (TPSA) is 72.6 Å². The molecule has 0 aliphatic carbocycles. The maximum Gasteiger partial charge on any atom is 0.304 e. The van der Waals surface area contributed by atoms with E-state index in [0.717, 1.165) is 36.0 Å². The van der Waals surface area contributed by atoms with Crippen molar-refractivity contribution in [3.05, 3.63) is 119 Å². The number of aryl methyl sites for hydroxylation is 2. The Kier molecular flexibility index (Phi) is 7.99. The average Bonchev–Trinajstić information content (AvgIpc) is 3.41. The van der Waals surface area contributed by atoms with Crippen molar-refractivity contribution in [2.75, 3.05) is 0 Å². The predicted molar refractivity (Wildman–Crippen MR) is 136 cm³/mol. The van der Waals surface area contributed by atoms with Gasteiger partial charge in [-0.2, -0.15) is 0 Å². The lowest BCUT2D eigenvalue weighted by atomic mass is 9.92. The second kappa shape index (κ2) is 11.5. The zero-order valence-corrected chi connectivity index (χ0v) is 20.2. The van der Waals surface area contributed by atoms with Gasteiger partial charge in [-0.05, 0) is 54.2 Å². The molecule has 0 saturated carbocycles. The Balaban J connectivity index is 1.62. The molecule has 0 spiro atoms. The highest BCUT2D eigenvalue weighted by atomic mass is 16.5. The number of nitrogens with zero attached hydrogens (tertiary/aromatic N) is 1. The summed E-state index contributed by atoms with van der Waals surface area (Å²) in [6.07, 6.45) is 4.50. The zero-order valence-electron chi connectivity index (χ0n) is 20.2. The minimum absolute atomic E-state index is 0.0662. The minimum atomic E-state index is -0.888. The molecule has 0 amide bonds. The molecule has 0 fully saturated rings. The highest BCUT2D eigenvalue weighted by Crippen LogP contribution is 2.32. The van der Waals surface area contributed by atoms with E-state index in [9.17, 15) is 9.90 Å². The van der Waals surface area contributed by atoms with E-state index < -0.39 is 5.97 Å². The third kappa shape index (κ3) is 6.38. The number of ether oxygens (including phenoxy) is 1. The number of unbranched alkanes of at least 4 members (excludes halogenated alkanes) is 1. The van der Waals surface area contributed by atoms with Crippen LogP contribution in [0.15, 0.2) is 89.6 Å². The van der Waals surface area contributed by atoms with Gasteiger partial charge < -0.3 is 14.4 Å². The van der Waals surface area contributed by atoms with E-state index in [1.807, 2.05) is 24.3 Å². The number of carbonyl (C=O) groups is 1. The summed E-state index contributed by atoms with van der Waals surface area (Å²) in [4.78, 5) is 11.4. The third-order valence-electron chi connectivity index (χ3n) is 6.18. The van der Waals surface area contributed by atoms with E-state index in [4.69, 9.17) is 9.26 Å². The number of carboxylic acid groups (broad SMARTS) is 1. The average molecular weight is 470 g/mol. The Morgan fingerprint density at radius 1 is 0.971 bits per heavy atom. The summed E-state index contributed by atoms with van der Waals surface area (Å²) in [6.45, 7) is 4.28. The molecule has 0 radical (unpaired) electrons. The lowest BCUT2D eigenvalue weighted by Gasteiger charge is -2.22. The van der Waals surface area contributed by atoms with Crippen molar-refractivity contribution >= 4 is 5.97 Å². The molecule has 1 aromatic heterocycles. The van der Waals surface area contributed by atoms with Crippen molar-refractivity contribution in [2.24, 2.45) is 0 Å². The lowest BCUT2D eigenvalue weighted by molar-refractivity contribution is -0.137. The van der Waals surface area contributed by atoms with E-state index in [1.165, 1.54) is 17.4 Å². The van der Waals surface area contributed by atoms with Gasteiger partial charge in [0.25, 0.3) is 0 Å². The standard InChI is InChI=1S/C30H31NO4/c1-3-4-6-22-7-5-8-25(19-22)30(24-11-9-21(2)10-12-24)35-26-15-13-23(14-16-26)27(20-29(32)33)28-17-18-34-31-28/h5,7-19,27,30H,3-4,6,20H2,1-2H3,(H,32,33)/t27?,30-/m0/s1. The van der Waals surface area contributed by atoms with Gasteiger partial charge in [0.2, 0.25) is 0 Å². The first-order valence-corrected chi connectivity index (χ1v) is 12.1. The fraction of sp³-hybridized carbons (Fsp3) is 0.267.